The molecule has 5 rings (SSSR count). The van der Waals surface area contributed by atoms with Gasteiger partial charge in [-0.05, 0) is 42.3 Å². The maximum Gasteiger partial charge on any atom is 0.402 e. The summed E-state index contributed by atoms with van der Waals surface area (Å²) < 4.78 is 197. The maximum absolute atomic E-state index is 13.6. The number of nitrogens with two attached hydrogens (primary N) is 2. The van der Waals surface area contributed by atoms with E-state index in [1.807, 2.05) is 0 Å². The Morgan fingerprint density at radius 3 is 0.815 bits per heavy atom. The Bertz CT molecular complexity index is 1940. The number of anilines is 2. The Labute approximate surface area is 291 Å². The maximum atomic E-state index is 13.6. The lowest BCUT2D eigenvalue weighted by atomic mass is 9.75. The van der Waals surface area contributed by atoms with Crippen LogP contribution in [0.4, 0.5) is 77.2 Å². The largest absolute Gasteiger partial charge is 0.508 e. The smallest absolute Gasteiger partial charge is 0.402 e. The molecule has 5 aromatic rings. The molecule has 0 aliphatic carbocycles. The van der Waals surface area contributed by atoms with E-state index < -0.39 is 115 Å². The van der Waals surface area contributed by atoms with E-state index in [9.17, 15) is 76.1 Å². The van der Waals surface area contributed by atoms with Crippen LogP contribution in [0.5, 0.6) is 23.0 Å². The summed E-state index contributed by atoms with van der Waals surface area (Å²) in [5.41, 5.74) is 0.0596. The standard InChI is InChI=1S/C15H13F3O2.C12H4F8N2.C6H2F4O2/c1-14(15(16,17)18,10-2-6-12(19)7-3-10)11-4-8-13(20)9-5-11;13-3-1(4(14)8(18)11(21)7(3)17)2-5(15)9(19)12(22)10(20)6(2)16;7-1-2(8)6(12)4(10)3(9)5(1)11/h2-9,19-20H,1H3;21-22H2;11-12H. The average molecular weight is 792 g/mol. The van der Waals surface area contributed by atoms with Gasteiger partial charge in [-0.3, -0.25) is 0 Å². The van der Waals surface area contributed by atoms with Gasteiger partial charge >= 0.3 is 6.18 Å². The number of phenols is 4. The number of halogens is 15. The number of alkyl halides is 3. The number of rotatable bonds is 3. The van der Waals surface area contributed by atoms with Crippen molar-refractivity contribution < 1.29 is 86.3 Å². The van der Waals surface area contributed by atoms with Crippen molar-refractivity contribution in [2.45, 2.75) is 18.5 Å². The van der Waals surface area contributed by atoms with Crippen LogP contribution in [-0.4, -0.2) is 26.6 Å². The van der Waals surface area contributed by atoms with Crippen LogP contribution >= 0.6 is 0 Å². The molecule has 0 aliphatic rings. The first kappa shape index (κ1) is 42.3. The number of hydrogen-bond donors (Lipinski definition) is 6. The molecule has 0 fully saturated rings. The van der Waals surface area contributed by atoms with Crippen LogP contribution in [0.2, 0.25) is 0 Å². The van der Waals surface area contributed by atoms with Gasteiger partial charge in [0.25, 0.3) is 0 Å². The Morgan fingerprint density at radius 2 is 0.611 bits per heavy atom. The lowest BCUT2D eigenvalue weighted by Crippen LogP contribution is -2.40. The molecule has 8 N–H and O–H groups in total. The van der Waals surface area contributed by atoms with Gasteiger partial charge in [0.2, 0.25) is 23.3 Å². The molecule has 6 nitrogen and oxygen atoms in total. The molecule has 54 heavy (non-hydrogen) atoms. The van der Waals surface area contributed by atoms with Crippen molar-refractivity contribution in [3.8, 4) is 34.1 Å². The number of benzene rings is 5. The second kappa shape index (κ2) is 15.4. The Balaban J connectivity index is 0.000000227. The lowest BCUT2D eigenvalue weighted by molar-refractivity contribution is -0.173. The molecule has 0 aromatic heterocycles. The molecule has 290 valence electrons. The molecule has 0 saturated carbocycles. The third kappa shape index (κ3) is 7.51. The minimum Gasteiger partial charge on any atom is -0.508 e. The van der Waals surface area contributed by atoms with E-state index in [0.717, 1.165) is 6.92 Å². The molecule has 0 unspecified atom stereocenters. The van der Waals surface area contributed by atoms with Crippen LogP contribution < -0.4 is 11.5 Å². The third-order valence-electron chi connectivity index (χ3n) is 7.52. The highest BCUT2D eigenvalue weighted by Gasteiger charge is 2.53. The van der Waals surface area contributed by atoms with Crippen molar-refractivity contribution in [2.24, 2.45) is 0 Å². The number of nitrogen functional groups attached to an aromatic ring is 2. The van der Waals surface area contributed by atoms with Gasteiger partial charge in [-0.2, -0.15) is 30.7 Å². The van der Waals surface area contributed by atoms with Crippen LogP contribution in [0, 0.1) is 69.8 Å². The zero-order valence-electron chi connectivity index (χ0n) is 26.2. The Morgan fingerprint density at radius 1 is 0.389 bits per heavy atom. The van der Waals surface area contributed by atoms with Gasteiger partial charge in [-0.15, -0.1) is 0 Å². The third-order valence-corrected chi connectivity index (χ3v) is 7.52. The van der Waals surface area contributed by atoms with Crippen LogP contribution in [0.1, 0.15) is 18.1 Å². The lowest BCUT2D eigenvalue weighted by Gasteiger charge is -2.33. The van der Waals surface area contributed by atoms with Gasteiger partial charge in [-0.25, -0.2) is 35.1 Å². The summed E-state index contributed by atoms with van der Waals surface area (Å²) in [6.07, 6.45) is -4.51. The van der Waals surface area contributed by atoms with Crippen LogP contribution in [-0.2, 0) is 5.41 Å². The summed E-state index contributed by atoms with van der Waals surface area (Å²) in [7, 11) is 0. The van der Waals surface area contributed by atoms with Gasteiger partial charge in [0.15, 0.2) is 58.0 Å². The molecule has 0 atom stereocenters. The van der Waals surface area contributed by atoms with Crippen LogP contribution in [0.15, 0.2) is 48.5 Å². The molecular formula is C33H19F15N2O4. The number of phenolic OH excluding ortho intramolecular Hbond substituents is 4. The van der Waals surface area contributed by atoms with E-state index in [1.165, 1.54) is 48.5 Å². The minimum absolute atomic E-state index is 0.0217. The molecule has 0 saturated heterocycles. The van der Waals surface area contributed by atoms with Gasteiger partial charge in [0.05, 0.1) is 11.1 Å². The van der Waals surface area contributed by atoms with Crippen LogP contribution in [0.3, 0.4) is 0 Å². The first-order valence-electron chi connectivity index (χ1n) is 13.9. The quantitative estimate of drug-likeness (QED) is 0.0468. The molecule has 0 aliphatic heterocycles. The SMILES string of the molecule is CC(c1ccc(O)cc1)(c1ccc(O)cc1)C(F)(F)F.Nc1c(F)c(F)c(-c2c(F)c(F)c(N)c(F)c2F)c(F)c1F.Oc1c(F)c(F)c(O)c(F)c1F. The van der Waals surface area contributed by atoms with Crippen molar-refractivity contribution in [1.29, 1.82) is 0 Å². The summed E-state index contributed by atoms with van der Waals surface area (Å²) in [6, 6.07) is 9.87. The fourth-order valence-electron chi connectivity index (χ4n) is 4.43. The monoisotopic (exact) mass is 792 g/mol. The average Bonchev–Trinajstić information content (AvgIpc) is 3.14. The minimum atomic E-state index is -4.51. The summed E-state index contributed by atoms with van der Waals surface area (Å²) in [5.74, 6) is -29.8. The summed E-state index contributed by atoms with van der Waals surface area (Å²) in [4.78, 5) is 0. The molecule has 5 aromatic carbocycles. The highest BCUT2D eigenvalue weighted by Crippen LogP contribution is 2.46. The molecular weight excluding hydrogens is 773 g/mol. The Kier molecular flexibility index (Phi) is 12.1. The fourth-order valence-corrected chi connectivity index (χ4v) is 4.43. The molecule has 0 radical (unpaired) electrons. The summed E-state index contributed by atoms with van der Waals surface area (Å²) >= 11 is 0. The first-order valence-corrected chi connectivity index (χ1v) is 13.9. The molecule has 21 heteroatoms. The van der Waals surface area contributed by atoms with Gasteiger partial charge in [-0.1, -0.05) is 24.3 Å². The second-order valence-corrected chi connectivity index (χ2v) is 10.8. The predicted octanol–water partition coefficient (Wildman–Crippen LogP) is 9.25. The highest BCUT2D eigenvalue weighted by molar-refractivity contribution is 5.71. The normalized spacial score (nSPS) is 11.4. The number of hydrogen-bond acceptors (Lipinski definition) is 6. The fraction of sp³-hybridized carbons (Fsp3) is 0.0909. The van der Waals surface area contributed by atoms with E-state index in [1.54, 1.807) is 0 Å². The van der Waals surface area contributed by atoms with E-state index >= 15 is 0 Å². The van der Waals surface area contributed by atoms with Crippen molar-refractivity contribution >= 4 is 11.4 Å². The zero-order chi connectivity index (χ0) is 41.4. The van der Waals surface area contributed by atoms with Crippen molar-refractivity contribution in [3.63, 3.8) is 0 Å². The molecule has 0 heterocycles. The Hall–Kier alpha value is -6.15. The van der Waals surface area contributed by atoms with E-state index in [2.05, 4.69) is 0 Å². The van der Waals surface area contributed by atoms with Gasteiger partial charge in [0, 0.05) is 0 Å². The molecule has 0 amide bonds. The van der Waals surface area contributed by atoms with Crippen LogP contribution in [0.25, 0.3) is 11.1 Å². The topological polar surface area (TPSA) is 133 Å². The van der Waals surface area contributed by atoms with E-state index in [0.29, 0.717) is 0 Å². The first-order chi connectivity index (χ1) is 24.8. The van der Waals surface area contributed by atoms with Gasteiger partial charge in [0.1, 0.15) is 28.3 Å². The zero-order valence-corrected chi connectivity index (χ0v) is 26.2. The second-order valence-electron chi connectivity index (χ2n) is 10.8. The van der Waals surface area contributed by atoms with E-state index in [-0.39, 0.29) is 22.6 Å². The van der Waals surface area contributed by atoms with Crippen molar-refractivity contribution in [3.05, 3.63) is 129 Å². The highest BCUT2D eigenvalue weighted by atomic mass is 19.4. The predicted molar refractivity (Wildman–Crippen MR) is 159 cm³/mol. The number of aromatic hydroxyl groups is 4. The molecule has 0 spiro atoms. The summed E-state index contributed by atoms with van der Waals surface area (Å²) in [5, 5.41) is 35.1. The summed E-state index contributed by atoms with van der Waals surface area (Å²) in [6.45, 7) is 1.08. The van der Waals surface area contributed by atoms with Crippen molar-refractivity contribution in [2.75, 3.05) is 11.5 Å². The van der Waals surface area contributed by atoms with Gasteiger partial charge < -0.3 is 31.9 Å². The molecule has 0 bridgehead atoms. The van der Waals surface area contributed by atoms with E-state index in [4.69, 9.17) is 21.7 Å². The van der Waals surface area contributed by atoms with Crippen molar-refractivity contribution in [1.82, 2.24) is 0 Å².